The first-order chi connectivity index (χ1) is 4.66. The summed E-state index contributed by atoms with van der Waals surface area (Å²) in [5, 5.41) is 2.94. The Balaban J connectivity index is 3.79. The van der Waals surface area contributed by atoms with E-state index in [4.69, 9.17) is 11.5 Å². The predicted molar refractivity (Wildman–Crippen MR) is 43.9 cm³/mol. The van der Waals surface area contributed by atoms with E-state index in [-0.39, 0.29) is 0 Å². The van der Waals surface area contributed by atoms with Crippen molar-refractivity contribution in [3.63, 3.8) is 0 Å². The topological polar surface area (TPSA) is 64.1 Å². The smallest absolute Gasteiger partial charge is 0.0960 e. The van der Waals surface area contributed by atoms with E-state index in [1.54, 1.807) is 12.2 Å². The summed E-state index contributed by atoms with van der Waals surface area (Å²) in [6, 6.07) is 0. The Hall–Kier alpha value is -1.12. The minimum Gasteiger partial charge on any atom is -0.402 e. The molecule has 0 aliphatic rings. The van der Waals surface area contributed by atoms with Gasteiger partial charge in [0.25, 0.3) is 0 Å². The zero-order valence-electron chi connectivity index (χ0n) is 6.52. The molecule has 0 radical (unpaired) electrons. The molecule has 0 saturated heterocycles. The van der Waals surface area contributed by atoms with Crippen molar-refractivity contribution in [2.24, 2.45) is 11.5 Å². The van der Waals surface area contributed by atoms with Gasteiger partial charge in [-0.1, -0.05) is 0 Å². The first-order valence-corrected chi connectivity index (χ1v) is 3.30. The summed E-state index contributed by atoms with van der Waals surface area (Å²) < 4.78 is 0. The summed E-state index contributed by atoms with van der Waals surface area (Å²) in [7, 11) is 0. The monoisotopic (exact) mass is 141 g/mol. The fourth-order valence-corrected chi connectivity index (χ4v) is 0.484. The van der Waals surface area contributed by atoms with Gasteiger partial charge in [0.1, 0.15) is 0 Å². The van der Waals surface area contributed by atoms with Crippen LogP contribution in [0.15, 0.2) is 23.7 Å². The normalized spacial score (nSPS) is 13.4. The van der Waals surface area contributed by atoms with Crippen LogP contribution in [0.25, 0.3) is 0 Å². The largest absolute Gasteiger partial charge is 0.402 e. The van der Waals surface area contributed by atoms with E-state index in [1.807, 2.05) is 13.8 Å². The molecule has 0 bridgehead atoms. The Labute approximate surface area is 61.8 Å². The van der Waals surface area contributed by atoms with Crippen molar-refractivity contribution in [3.05, 3.63) is 23.7 Å². The van der Waals surface area contributed by atoms with Gasteiger partial charge in [0.15, 0.2) is 0 Å². The Morgan fingerprint density at radius 3 is 2.40 bits per heavy atom. The number of nitrogens with one attached hydrogen (secondary N) is 1. The molecule has 3 nitrogen and oxygen atoms in total. The van der Waals surface area contributed by atoms with Crippen molar-refractivity contribution in [1.82, 2.24) is 5.32 Å². The van der Waals surface area contributed by atoms with Crippen molar-refractivity contribution in [1.29, 1.82) is 0 Å². The lowest BCUT2D eigenvalue weighted by Crippen LogP contribution is -2.18. The number of allylic oxidation sites excluding steroid dienone is 3. The van der Waals surface area contributed by atoms with Crippen LogP contribution in [0.5, 0.6) is 0 Å². The Kier molecular flexibility index (Phi) is 4.20. The molecule has 58 valence electrons. The Bertz CT molecular complexity index is 143. The quantitative estimate of drug-likeness (QED) is 0.494. The van der Waals surface area contributed by atoms with Crippen molar-refractivity contribution in [3.8, 4) is 0 Å². The third-order valence-corrected chi connectivity index (χ3v) is 0.907. The van der Waals surface area contributed by atoms with Gasteiger partial charge in [0, 0.05) is 12.2 Å². The van der Waals surface area contributed by atoms with E-state index in [1.165, 1.54) is 0 Å². The highest BCUT2D eigenvalue weighted by Crippen LogP contribution is 1.83. The number of nitrogens with two attached hydrogens (primary N) is 2. The molecule has 0 aliphatic heterocycles. The summed E-state index contributed by atoms with van der Waals surface area (Å²) in [6.07, 6.45) is 3.51. The van der Waals surface area contributed by atoms with Crippen molar-refractivity contribution in [2.45, 2.75) is 13.8 Å². The van der Waals surface area contributed by atoms with Crippen LogP contribution >= 0.6 is 0 Å². The SMILES string of the molecule is CCN/C(N)=C/C=C(/C)N. The first kappa shape index (κ1) is 8.88. The van der Waals surface area contributed by atoms with E-state index in [0.29, 0.717) is 5.82 Å². The van der Waals surface area contributed by atoms with Gasteiger partial charge in [-0.2, -0.15) is 0 Å². The molecule has 0 heterocycles. The summed E-state index contributed by atoms with van der Waals surface area (Å²) in [6.45, 7) is 4.63. The summed E-state index contributed by atoms with van der Waals surface area (Å²) in [5.41, 5.74) is 11.6. The van der Waals surface area contributed by atoms with Gasteiger partial charge < -0.3 is 16.8 Å². The molecule has 0 spiro atoms. The Morgan fingerprint density at radius 1 is 1.40 bits per heavy atom. The molecule has 0 aromatic carbocycles. The van der Waals surface area contributed by atoms with Crippen LogP contribution in [-0.2, 0) is 0 Å². The molecule has 0 aliphatic carbocycles. The zero-order valence-corrected chi connectivity index (χ0v) is 6.52. The van der Waals surface area contributed by atoms with Gasteiger partial charge in [-0.05, 0) is 26.0 Å². The highest BCUT2D eigenvalue weighted by Gasteiger charge is 1.80. The van der Waals surface area contributed by atoms with Crippen LogP contribution in [0.4, 0.5) is 0 Å². The Morgan fingerprint density at radius 2 is 2.00 bits per heavy atom. The number of hydrogen-bond acceptors (Lipinski definition) is 3. The standard InChI is InChI=1S/C7H15N3/c1-3-10-7(9)5-4-6(2)8/h4-5,10H,3,8-9H2,1-2H3/b6-4-,7-5+. The number of hydrogen-bond donors (Lipinski definition) is 3. The molecule has 5 N–H and O–H groups in total. The van der Waals surface area contributed by atoms with Crippen LogP contribution < -0.4 is 16.8 Å². The molecule has 10 heavy (non-hydrogen) atoms. The lowest BCUT2D eigenvalue weighted by atomic mass is 10.4. The summed E-state index contributed by atoms with van der Waals surface area (Å²) in [5.74, 6) is 0.646. The van der Waals surface area contributed by atoms with E-state index in [0.717, 1.165) is 12.2 Å². The van der Waals surface area contributed by atoms with Crippen LogP contribution in [0, 0.1) is 0 Å². The van der Waals surface area contributed by atoms with Gasteiger partial charge in [-0.25, -0.2) is 0 Å². The van der Waals surface area contributed by atoms with Crippen LogP contribution in [0.2, 0.25) is 0 Å². The lowest BCUT2D eigenvalue weighted by Gasteiger charge is -1.99. The zero-order chi connectivity index (χ0) is 7.98. The van der Waals surface area contributed by atoms with Crippen LogP contribution in [0.3, 0.4) is 0 Å². The first-order valence-electron chi connectivity index (χ1n) is 3.30. The number of rotatable bonds is 3. The third kappa shape index (κ3) is 5.03. The van der Waals surface area contributed by atoms with Gasteiger partial charge >= 0.3 is 0 Å². The molecule has 0 saturated carbocycles. The maximum Gasteiger partial charge on any atom is 0.0960 e. The predicted octanol–water partition coefficient (Wildman–Crippen LogP) is 0.259. The van der Waals surface area contributed by atoms with E-state index in [2.05, 4.69) is 5.32 Å². The van der Waals surface area contributed by atoms with E-state index in [9.17, 15) is 0 Å². The van der Waals surface area contributed by atoms with Crippen molar-refractivity contribution in [2.75, 3.05) is 6.54 Å². The average molecular weight is 141 g/mol. The molecular weight excluding hydrogens is 126 g/mol. The molecule has 0 fully saturated rings. The third-order valence-electron chi connectivity index (χ3n) is 0.907. The highest BCUT2D eigenvalue weighted by atomic mass is 15.0. The molecule has 0 aromatic rings. The van der Waals surface area contributed by atoms with Crippen LogP contribution in [-0.4, -0.2) is 6.54 Å². The molecule has 0 unspecified atom stereocenters. The highest BCUT2D eigenvalue weighted by molar-refractivity contribution is 5.11. The van der Waals surface area contributed by atoms with E-state index < -0.39 is 0 Å². The minimum absolute atomic E-state index is 0.646. The maximum absolute atomic E-state index is 5.48. The second-order valence-electron chi connectivity index (χ2n) is 2.06. The summed E-state index contributed by atoms with van der Waals surface area (Å²) in [4.78, 5) is 0. The lowest BCUT2D eigenvalue weighted by molar-refractivity contribution is 0.840. The minimum atomic E-state index is 0.646. The second-order valence-corrected chi connectivity index (χ2v) is 2.06. The second kappa shape index (κ2) is 4.73. The molecule has 0 amide bonds. The van der Waals surface area contributed by atoms with Crippen molar-refractivity contribution >= 4 is 0 Å². The molecular formula is C7H15N3. The van der Waals surface area contributed by atoms with Gasteiger partial charge in [-0.15, -0.1) is 0 Å². The molecule has 0 aromatic heterocycles. The fraction of sp³-hybridized carbons (Fsp3) is 0.429. The molecule has 0 atom stereocenters. The van der Waals surface area contributed by atoms with Gasteiger partial charge in [-0.3, -0.25) is 0 Å². The van der Waals surface area contributed by atoms with E-state index >= 15 is 0 Å². The van der Waals surface area contributed by atoms with Crippen molar-refractivity contribution < 1.29 is 0 Å². The van der Waals surface area contributed by atoms with Gasteiger partial charge in [0.05, 0.1) is 5.82 Å². The maximum atomic E-state index is 5.48. The molecule has 3 heteroatoms. The average Bonchev–Trinajstić information content (AvgIpc) is 1.85. The van der Waals surface area contributed by atoms with Crippen LogP contribution in [0.1, 0.15) is 13.8 Å². The summed E-state index contributed by atoms with van der Waals surface area (Å²) >= 11 is 0. The molecule has 0 rings (SSSR count). The fourth-order valence-electron chi connectivity index (χ4n) is 0.484. The van der Waals surface area contributed by atoms with Gasteiger partial charge in [0.2, 0.25) is 0 Å².